The van der Waals surface area contributed by atoms with E-state index in [1.807, 2.05) is 18.4 Å². The van der Waals surface area contributed by atoms with E-state index in [1.165, 1.54) is 6.42 Å². The van der Waals surface area contributed by atoms with Gasteiger partial charge < -0.3 is 4.74 Å². The molecule has 25 heavy (non-hydrogen) atoms. The molecule has 4 heterocycles. The van der Waals surface area contributed by atoms with Crippen LogP contribution in [-0.4, -0.2) is 28.0 Å². The van der Waals surface area contributed by atoms with E-state index >= 15 is 0 Å². The molecule has 0 N–H and O–H groups in total. The van der Waals surface area contributed by atoms with Crippen molar-refractivity contribution in [1.29, 1.82) is 0 Å². The normalized spacial score (nSPS) is 18.0. The molecule has 0 aliphatic carbocycles. The van der Waals surface area contributed by atoms with Gasteiger partial charge in [0.15, 0.2) is 5.16 Å². The topological polar surface area (TPSA) is 44.1 Å². The van der Waals surface area contributed by atoms with Gasteiger partial charge in [-0.1, -0.05) is 17.8 Å². The lowest BCUT2D eigenvalue weighted by atomic mass is 10.1. The molecule has 0 radical (unpaired) electrons. The van der Waals surface area contributed by atoms with Crippen LogP contribution in [0.1, 0.15) is 26.2 Å². The zero-order chi connectivity index (χ0) is 17.2. The highest BCUT2D eigenvalue weighted by Crippen LogP contribution is 2.34. The molecule has 0 saturated carbocycles. The van der Waals surface area contributed by atoms with Crippen molar-refractivity contribution >= 4 is 44.7 Å². The smallest absolute Gasteiger partial charge is 0.263 e. The summed E-state index contributed by atoms with van der Waals surface area (Å²) < 4.78 is 7.62. The maximum absolute atomic E-state index is 13.1. The number of hydrogen-bond acceptors (Lipinski definition) is 6. The Hall–Kier alpha value is -1.15. The van der Waals surface area contributed by atoms with Crippen molar-refractivity contribution in [3.05, 3.63) is 33.2 Å². The fraction of sp³-hybridized carbons (Fsp3) is 0.444. The first-order valence-corrected chi connectivity index (χ1v) is 11.3. The molecule has 1 fully saturated rings. The Kier molecular flexibility index (Phi) is 5.26. The van der Waals surface area contributed by atoms with E-state index in [0.717, 1.165) is 51.0 Å². The second-order valence-electron chi connectivity index (χ2n) is 6.05. The molecule has 3 aromatic heterocycles. The number of aromatic nitrogens is 2. The number of thioether (sulfide) groups is 1. The van der Waals surface area contributed by atoms with Gasteiger partial charge in [0.1, 0.15) is 4.83 Å². The SMILES string of the molecule is CCn1c(SCC2CCCCO2)nc2scc(-c3cccs3)c2c1=O. The molecule has 1 aliphatic heterocycles. The molecule has 1 atom stereocenters. The molecule has 1 unspecified atom stereocenters. The minimum atomic E-state index is 0.0733. The van der Waals surface area contributed by atoms with Gasteiger partial charge in [0.05, 0.1) is 11.5 Å². The summed E-state index contributed by atoms with van der Waals surface area (Å²) in [6, 6.07) is 4.08. The largest absolute Gasteiger partial charge is 0.377 e. The summed E-state index contributed by atoms with van der Waals surface area (Å²) in [5, 5.41) is 5.67. The minimum Gasteiger partial charge on any atom is -0.377 e. The van der Waals surface area contributed by atoms with E-state index in [2.05, 4.69) is 11.4 Å². The second kappa shape index (κ2) is 7.61. The van der Waals surface area contributed by atoms with Crippen LogP contribution in [-0.2, 0) is 11.3 Å². The van der Waals surface area contributed by atoms with Gasteiger partial charge in [0.25, 0.3) is 5.56 Å². The van der Waals surface area contributed by atoms with Crippen molar-refractivity contribution < 1.29 is 4.74 Å². The lowest BCUT2D eigenvalue weighted by molar-refractivity contribution is 0.0315. The van der Waals surface area contributed by atoms with E-state index in [1.54, 1.807) is 39.0 Å². The van der Waals surface area contributed by atoms with Crippen LogP contribution >= 0.6 is 34.4 Å². The Morgan fingerprint density at radius 2 is 2.32 bits per heavy atom. The molecule has 4 rings (SSSR count). The summed E-state index contributed by atoms with van der Waals surface area (Å²) in [6.07, 6.45) is 3.77. The Labute approximate surface area is 158 Å². The number of hydrogen-bond donors (Lipinski definition) is 0. The van der Waals surface area contributed by atoms with Crippen LogP contribution in [0.25, 0.3) is 20.7 Å². The van der Waals surface area contributed by atoms with Gasteiger partial charge in [-0.05, 0) is 37.6 Å². The van der Waals surface area contributed by atoms with E-state index in [-0.39, 0.29) is 11.7 Å². The van der Waals surface area contributed by atoms with E-state index < -0.39 is 0 Å². The standard InChI is InChI=1S/C18H20N2O2S3/c1-2-20-17(21)15-13(14-7-5-9-23-14)11-24-16(15)19-18(20)25-10-12-6-3-4-8-22-12/h5,7,9,11-12H,2-4,6,8,10H2,1H3. The summed E-state index contributed by atoms with van der Waals surface area (Å²) >= 11 is 4.87. The van der Waals surface area contributed by atoms with Gasteiger partial charge >= 0.3 is 0 Å². The summed E-state index contributed by atoms with van der Waals surface area (Å²) in [7, 11) is 0. The lowest BCUT2D eigenvalue weighted by Gasteiger charge is -2.22. The van der Waals surface area contributed by atoms with Crippen molar-refractivity contribution in [1.82, 2.24) is 9.55 Å². The summed E-state index contributed by atoms with van der Waals surface area (Å²) in [5.41, 5.74) is 1.09. The highest BCUT2D eigenvalue weighted by Gasteiger charge is 2.19. The molecule has 4 nitrogen and oxygen atoms in total. The van der Waals surface area contributed by atoms with Gasteiger partial charge in [-0.2, -0.15) is 0 Å². The van der Waals surface area contributed by atoms with Gasteiger partial charge in [-0.15, -0.1) is 22.7 Å². The minimum absolute atomic E-state index is 0.0733. The van der Waals surface area contributed by atoms with Crippen molar-refractivity contribution in [2.45, 2.75) is 44.0 Å². The third-order valence-corrected chi connectivity index (χ3v) is 7.32. The molecule has 0 aromatic carbocycles. The molecule has 1 saturated heterocycles. The summed E-state index contributed by atoms with van der Waals surface area (Å²) in [4.78, 5) is 19.9. The van der Waals surface area contributed by atoms with Crippen molar-refractivity contribution in [3.63, 3.8) is 0 Å². The van der Waals surface area contributed by atoms with Crippen LogP contribution in [0, 0.1) is 0 Å². The van der Waals surface area contributed by atoms with Crippen molar-refractivity contribution in [3.8, 4) is 10.4 Å². The third kappa shape index (κ3) is 3.43. The van der Waals surface area contributed by atoms with Gasteiger partial charge in [0, 0.05) is 34.7 Å². The number of fused-ring (bicyclic) bond motifs is 1. The van der Waals surface area contributed by atoms with Crippen molar-refractivity contribution in [2.24, 2.45) is 0 Å². The van der Waals surface area contributed by atoms with Crippen LogP contribution in [0.5, 0.6) is 0 Å². The maximum atomic E-state index is 13.1. The fourth-order valence-corrected chi connectivity index (χ4v) is 6.05. The Bertz CT molecular complexity index is 908. The van der Waals surface area contributed by atoms with E-state index in [9.17, 15) is 4.79 Å². The summed E-state index contributed by atoms with van der Waals surface area (Å²) in [5.74, 6) is 0.862. The average molecular weight is 393 g/mol. The Morgan fingerprint density at radius 1 is 1.40 bits per heavy atom. The first-order valence-electron chi connectivity index (χ1n) is 8.58. The van der Waals surface area contributed by atoms with Crippen LogP contribution in [0.2, 0.25) is 0 Å². The second-order valence-corrected chi connectivity index (χ2v) is 8.84. The number of thiophene rings is 2. The van der Waals surface area contributed by atoms with Crippen LogP contribution in [0.3, 0.4) is 0 Å². The number of ether oxygens (including phenoxy) is 1. The predicted molar refractivity (Wildman–Crippen MR) is 107 cm³/mol. The monoisotopic (exact) mass is 392 g/mol. The predicted octanol–water partition coefficient (Wildman–Crippen LogP) is 4.87. The molecular formula is C18H20N2O2S3. The number of nitrogens with zero attached hydrogens (tertiary/aromatic N) is 2. The van der Waals surface area contributed by atoms with E-state index in [4.69, 9.17) is 9.72 Å². The maximum Gasteiger partial charge on any atom is 0.263 e. The molecule has 3 aromatic rings. The fourth-order valence-electron chi connectivity index (χ4n) is 3.11. The lowest BCUT2D eigenvalue weighted by Crippen LogP contribution is -2.24. The van der Waals surface area contributed by atoms with Gasteiger partial charge in [0.2, 0.25) is 0 Å². The van der Waals surface area contributed by atoms with Crippen molar-refractivity contribution in [2.75, 3.05) is 12.4 Å². The Balaban J connectivity index is 1.69. The first-order chi connectivity index (χ1) is 12.3. The molecular weight excluding hydrogens is 372 g/mol. The van der Waals surface area contributed by atoms with E-state index in [0.29, 0.717) is 6.54 Å². The first kappa shape index (κ1) is 17.3. The zero-order valence-corrected chi connectivity index (χ0v) is 16.5. The molecule has 0 bridgehead atoms. The highest BCUT2D eigenvalue weighted by molar-refractivity contribution is 7.99. The third-order valence-electron chi connectivity index (χ3n) is 4.43. The summed E-state index contributed by atoms with van der Waals surface area (Å²) in [6.45, 7) is 3.50. The molecule has 0 spiro atoms. The molecule has 132 valence electrons. The molecule has 1 aliphatic rings. The van der Waals surface area contributed by atoms with Gasteiger partial charge in [-0.3, -0.25) is 9.36 Å². The molecule has 0 amide bonds. The molecule has 7 heteroatoms. The zero-order valence-electron chi connectivity index (χ0n) is 14.1. The van der Waals surface area contributed by atoms with Crippen LogP contribution in [0.15, 0.2) is 32.8 Å². The highest BCUT2D eigenvalue weighted by atomic mass is 32.2. The number of rotatable bonds is 5. The van der Waals surface area contributed by atoms with Crippen LogP contribution < -0.4 is 5.56 Å². The quantitative estimate of drug-likeness (QED) is 0.459. The van der Waals surface area contributed by atoms with Crippen LogP contribution in [0.4, 0.5) is 0 Å². The average Bonchev–Trinajstić information content (AvgIpc) is 3.30. The Morgan fingerprint density at radius 3 is 3.04 bits per heavy atom. The van der Waals surface area contributed by atoms with Gasteiger partial charge in [-0.25, -0.2) is 4.98 Å².